The van der Waals surface area contributed by atoms with Crippen LogP contribution < -0.4 is 5.73 Å². The van der Waals surface area contributed by atoms with Crippen LogP contribution in [0.2, 0.25) is 0 Å². The van der Waals surface area contributed by atoms with E-state index in [0.29, 0.717) is 6.42 Å². The van der Waals surface area contributed by atoms with Crippen molar-refractivity contribution < 1.29 is 8.78 Å². The van der Waals surface area contributed by atoms with Gasteiger partial charge in [0, 0.05) is 11.9 Å². The Kier molecular flexibility index (Phi) is 3.68. The lowest BCUT2D eigenvalue weighted by Gasteiger charge is -2.21. The van der Waals surface area contributed by atoms with E-state index in [0.717, 1.165) is 5.69 Å². The smallest absolute Gasteiger partial charge is 0.277 e. The molecule has 0 saturated carbocycles. The summed E-state index contributed by atoms with van der Waals surface area (Å²) in [5.41, 5.74) is 5.89. The molecule has 0 aliphatic carbocycles. The Morgan fingerprint density at radius 3 is 2.50 bits per heavy atom. The molecule has 1 rings (SSSR count). The minimum Gasteiger partial charge on any atom is -0.328 e. The van der Waals surface area contributed by atoms with E-state index in [4.69, 9.17) is 5.73 Å². The third kappa shape index (κ3) is 3.89. The fraction of sp³-hybridized carbons (Fsp3) is 0.727. The van der Waals surface area contributed by atoms with Crippen LogP contribution in [0.3, 0.4) is 0 Å². The summed E-state index contributed by atoms with van der Waals surface area (Å²) in [5, 5.41) is 0. The highest BCUT2D eigenvalue weighted by Gasteiger charge is 2.28. The summed E-state index contributed by atoms with van der Waals surface area (Å²) in [6.07, 6.45) is 3.79. The van der Waals surface area contributed by atoms with Crippen molar-refractivity contribution in [3.63, 3.8) is 0 Å². The highest BCUT2D eigenvalue weighted by atomic mass is 19.3. The van der Waals surface area contributed by atoms with Crippen LogP contribution in [-0.2, 0) is 13.0 Å². The van der Waals surface area contributed by atoms with Crippen LogP contribution >= 0.6 is 0 Å². The van der Waals surface area contributed by atoms with E-state index in [1.54, 1.807) is 6.20 Å². The topological polar surface area (TPSA) is 43.8 Å². The van der Waals surface area contributed by atoms with E-state index < -0.39 is 19.0 Å². The Morgan fingerprint density at radius 2 is 2.00 bits per heavy atom. The quantitative estimate of drug-likeness (QED) is 0.862. The van der Waals surface area contributed by atoms with Crippen LogP contribution in [0.15, 0.2) is 12.5 Å². The van der Waals surface area contributed by atoms with Crippen LogP contribution in [0.5, 0.6) is 0 Å². The van der Waals surface area contributed by atoms with Crippen LogP contribution in [0.25, 0.3) is 0 Å². The van der Waals surface area contributed by atoms with Crippen molar-refractivity contribution in [3.05, 3.63) is 18.2 Å². The lowest BCUT2D eigenvalue weighted by atomic mass is 9.91. The number of rotatable bonds is 4. The van der Waals surface area contributed by atoms with Gasteiger partial charge in [0.2, 0.25) is 0 Å². The van der Waals surface area contributed by atoms with Crippen LogP contribution in [-0.4, -0.2) is 22.0 Å². The molecule has 0 radical (unpaired) electrons. The number of nitrogens with zero attached hydrogens (tertiary/aromatic N) is 2. The van der Waals surface area contributed by atoms with Gasteiger partial charge in [-0.25, -0.2) is 13.8 Å². The maximum absolute atomic E-state index is 13.2. The number of alkyl halides is 2. The molecule has 3 nitrogen and oxygen atoms in total. The van der Waals surface area contributed by atoms with Gasteiger partial charge in [0.15, 0.2) is 0 Å². The SMILES string of the molecule is CC(C)(C)Cc1cncn1CC(F)(F)CN. The standard InChI is InChI=1S/C11H19F2N3/c1-10(2,3)4-9-5-15-8-16(9)7-11(12,13)6-14/h5,8H,4,6-7,14H2,1-3H3. The zero-order chi connectivity index (χ0) is 12.4. The molecular formula is C11H19F2N3. The molecule has 1 aromatic rings. The van der Waals surface area contributed by atoms with Crippen molar-refractivity contribution in [2.45, 2.75) is 39.7 Å². The number of halogens is 2. The van der Waals surface area contributed by atoms with Gasteiger partial charge in [0.25, 0.3) is 5.92 Å². The average molecular weight is 231 g/mol. The number of nitrogens with two attached hydrogens (primary N) is 1. The molecule has 0 atom stereocenters. The number of imidazole rings is 1. The molecule has 92 valence electrons. The van der Waals surface area contributed by atoms with Crippen molar-refractivity contribution in [3.8, 4) is 0 Å². The van der Waals surface area contributed by atoms with Gasteiger partial charge in [-0.2, -0.15) is 0 Å². The summed E-state index contributed by atoms with van der Waals surface area (Å²) in [5.74, 6) is -2.87. The molecule has 0 aliphatic rings. The second-order valence-corrected chi connectivity index (χ2v) is 5.31. The first-order valence-electron chi connectivity index (χ1n) is 5.30. The molecule has 0 aliphatic heterocycles. The Hall–Kier alpha value is -0.970. The van der Waals surface area contributed by atoms with Gasteiger partial charge in [0.1, 0.15) is 0 Å². The van der Waals surface area contributed by atoms with Crippen LogP contribution in [0.1, 0.15) is 26.5 Å². The Balaban J connectivity index is 2.79. The number of aromatic nitrogens is 2. The first kappa shape index (κ1) is 13.1. The Labute approximate surface area is 94.7 Å². The van der Waals surface area contributed by atoms with Crippen LogP contribution in [0, 0.1) is 5.41 Å². The normalized spacial score (nSPS) is 13.1. The molecule has 0 aromatic carbocycles. The predicted octanol–water partition coefficient (Wildman–Crippen LogP) is 2.07. The van der Waals surface area contributed by atoms with Gasteiger partial charge >= 0.3 is 0 Å². The van der Waals surface area contributed by atoms with E-state index in [1.165, 1.54) is 10.9 Å². The van der Waals surface area contributed by atoms with Gasteiger partial charge in [-0.05, 0) is 11.8 Å². The summed E-state index contributed by atoms with van der Waals surface area (Å²) in [6, 6.07) is 0. The molecule has 0 spiro atoms. The first-order chi connectivity index (χ1) is 7.23. The minimum atomic E-state index is -2.87. The predicted molar refractivity (Wildman–Crippen MR) is 59.4 cm³/mol. The molecule has 0 bridgehead atoms. The zero-order valence-electron chi connectivity index (χ0n) is 10.0. The fourth-order valence-electron chi connectivity index (χ4n) is 1.49. The van der Waals surface area contributed by atoms with Crippen molar-refractivity contribution in [2.24, 2.45) is 11.1 Å². The monoisotopic (exact) mass is 231 g/mol. The molecule has 2 N–H and O–H groups in total. The van der Waals surface area contributed by atoms with Gasteiger partial charge in [0.05, 0.1) is 19.4 Å². The third-order valence-electron chi connectivity index (χ3n) is 2.21. The van der Waals surface area contributed by atoms with Crippen LogP contribution in [0.4, 0.5) is 8.78 Å². The fourth-order valence-corrected chi connectivity index (χ4v) is 1.49. The number of hydrogen-bond acceptors (Lipinski definition) is 2. The largest absolute Gasteiger partial charge is 0.328 e. The summed E-state index contributed by atoms with van der Waals surface area (Å²) < 4.78 is 27.8. The van der Waals surface area contributed by atoms with E-state index in [9.17, 15) is 8.78 Å². The van der Waals surface area contributed by atoms with Crippen molar-refractivity contribution in [1.82, 2.24) is 9.55 Å². The van der Waals surface area contributed by atoms with E-state index >= 15 is 0 Å². The first-order valence-corrected chi connectivity index (χ1v) is 5.30. The van der Waals surface area contributed by atoms with Gasteiger partial charge < -0.3 is 10.3 Å². The summed E-state index contributed by atoms with van der Waals surface area (Å²) >= 11 is 0. The molecule has 1 aromatic heterocycles. The van der Waals surface area contributed by atoms with Crippen molar-refractivity contribution in [1.29, 1.82) is 0 Å². The molecule has 0 amide bonds. The second kappa shape index (κ2) is 4.49. The van der Waals surface area contributed by atoms with Crippen molar-refractivity contribution >= 4 is 0 Å². The molecule has 0 fully saturated rings. The lowest BCUT2D eigenvalue weighted by molar-refractivity contribution is -0.00753. The average Bonchev–Trinajstić information content (AvgIpc) is 2.49. The molecule has 0 saturated heterocycles. The molecule has 16 heavy (non-hydrogen) atoms. The molecular weight excluding hydrogens is 212 g/mol. The maximum Gasteiger partial charge on any atom is 0.277 e. The summed E-state index contributed by atoms with van der Waals surface area (Å²) in [4.78, 5) is 3.91. The van der Waals surface area contributed by atoms with Gasteiger partial charge in [-0.3, -0.25) is 0 Å². The van der Waals surface area contributed by atoms with E-state index in [1.807, 2.05) is 0 Å². The van der Waals surface area contributed by atoms with Crippen molar-refractivity contribution in [2.75, 3.05) is 6.54 Å². The Morgan fingerprint density at radius 1 is 1.38 bits per heavy atom. The molecule has 1 heterocycles. The Bertz CT molecular complexity index is 339. The highest BCUT2D eigenvalue weighted by molar-refractivity contribution is 5.02. The number of hydrogen-bond donors (Lipinski definition) is 1. The second-order valence-electron chi connectivity index (χ2n) is 5.31. The van der Waals surface area contributed by atoms with E-state index in [-0.39, 0.29) is 5.41 Å². The molecule has 0 unspecified atom stereocenters. The lowest BCUT2D eigenvalue weighted by Crippen LogP contribution is -2.33. The highest BCUT2D eigenvalue weighted by Crippen LogP contribution is 2.22. The third-order valence-corrected chi connectivity index (χ3v) is 2.21. The van der Waals surface area contributed by atoms with E-state index in [2.05, 4.69) is 25.8 Å². The van der Waals surface area contributed by atoms with Gasteiger partial charge in [-0.15, -0.1) is 0 Å². The minimum absolute atomic E-state index is 0.0514. The zero-order valence-corrected chi connectivity index (χ0v) is 10.0. The summed E-state index contributed by atoms with van der Waals surface area (Å²) in [7, 11) is 0. The van der Waals surface area contributed by atoms with Gasteiger partial charge in [-0.1, -0.05) is 20.8 Å². The maximum atomic E-state index is 13.2. The molecule has 5 heteroatoms. The summed E-state index contributed by atoms with van der Waals surface area (Å²) in [6.45, 7) is 5.15.